The van der Waals surface area contributed by atoms with Crippen molar-refractivity contribution in [3.05, 3.63) is 23.7 Å². The Morgan fingerprint density at radius 3 is 2.65 bits per heavy atom. The van der Waals surface area contributed by atoms with Gasteiger partial charge in [0.1, 0.15) is 11.5 Å². The number of furan rings is 1. The van der Waals surface area contributed by atoms with Crippen LogP contribution in [0.1, 0.15) is 30.8 Å². The lowest BCUT2D eigenvalue weighted by Gasteiger charge is -2.21. The molecule has 2 N–H and O–H groups in total. The number of hydrogen-bond donors (Lipinski definition) is 2. The van der Waals surface area contributed by atoms with Crippen LogP contribution < -0.4 is 9.44 Å². The van der Waals surface area contributed by atoms with E-state index in [4.69, 9.17) is 4.42 Å². The first-order chi connectivity index (χ1) is 12.4. The fourth-order valence-corrected chi connectivity index (χ4v) is 4.15. The van der Waals surface area contributed by atoms with E-state index < -0.39 is 10.2 Å². The smallest absolute Gasteiger partial charge is 0.324 e. The molecule has 1 aliphatic carbocycles. The lowest BCUT2D eigenvalue weighted by Crippen LogP contribution is -2.27. The van der Waals surface area contributed by atoms with Crippen molar-refractivity contribution in [1.82, 2.24) is 14.3 Å². The second-order valence-electron chi connectivity index (χ2n) is 6.66. The van der Waals surface area contributed by atoms with Crippen LogP contribution in [0.15, 0.2) is 26.5 Å². The molecule has 144 valence electrons. The molecule has 2 aliphatic rings. The summed E-state index contributed by atoms with van der Waals surface area (Å²) in [4.78, 5) is 10.9. The van der Waals surface area contributed by atoms with Crippen LogP contribution >= 0.6 is 11.8 Å². The van der Waals surface area contributed by atoms with Crippen LogP contribution in [0, 0.1) is 0 Å². The van der Waals surface area contributed by atoms with Crippen LogP contribution in [0.5, 0.6) is 0 Å². The number of aliphatic imine (C=N–C) groups is 2. The van der Waals surface area contributed by atoms with E-state index >= 15 is 0 Å². The van der Waals surface area contributed by atoms with Gasteiger partial charge in [-0.25, -0.2) is 9.44 Å². The van der Waals surface area contributed by atoms with Gasteiger partial charge in [0.2, 0.25) is 0 Å². The summed E-state index contributed by atoms with van der Waals surface area (Å²) in [5.41, 5.74) is 0. The molecule has 1 aliphatic heterocycles. The fourth-order valence-electron chi connectivity index (χ4n) is 2.56. The lowest BCUT2D eigenvalue weighted by atomic mass is 9.94. The monoisotopic (exact) mass is 399 g/mol. The van der Waals surface area contributed by atoms with E-state index in [1.54, 1.807) is 11.8 Å². The van der Waals surface area contributed by atoms with E-state index in [0.29, 0.717) is 18.2 Å². The first-order valence-electron chi connectivity index (χ1n) is 8.64. The van der Waals surface area contributed by atoms with Gasteiger partial charge in [-0.15, -0.1) is 0 Å². The summed E-state index contributed by atoms with van der Waals surface area (Å²) in [6.45, 7) is 1.30. The van der Waals surface area contributed by atoms with Crippen LogP contribution in [0.4, 0.5) is 0 Å². The molecule has 1 saturated carbocycles. The van der Waals surface area contributed by atoms with E-state index in [1.165, 1.54) is 0 Å². The van der Waals surface area contributed by atoms with E-state index in [-0.39, 0.29) is 6.04 Å². The number of hydrogen-bond acceptors (Lipinski definition) is 7. The third kappa shape index (κ3) is 5.49. The summed E-state index contributed by atoms with van der Waals surface area (Å²) >= 11 is 1.70. The van der Waals surface area contributed by atoms with Gasteiger partial charge in [-0.3, -0.25) is 9.98 Å². The van der Waals surface area contributed by atoms with Gasteiger partial charge in [0, 0.05) is 5.75 Å². The molecule has 1 aromatic rings. The molecule has 0 bridgehead atoms. The summed E-state index contributed by atoms with van der Waals surface area (Å²) in [6.07, 6.45) is 3.16. The van der Waals surface area contributed by atoms with Gasteiger partial charge in [-0.05, 0) is 45.5 Å². The predicted molar refractivity (Wildman–Crippen MR) is 105 cm³/mol. The largest absolute Gasteiger partial charge is 0.464 e. The van der Waals surface area contributed by atoms with Gasteiger partial charge in [0.15, 0.2) is 11.7 Å². The molecule has 3 rings (SSSR count). The summed E-state index contributed by atoms with van der Waals surface area (Å²) in [7, 11) is 0.455. The quantitative estimate of drug-likeness (QED) is 0.643. The Morgan fingerprint density at radius 1 is 1.23 bits per heavy atom. The topological polar surface area (TPSA) is 99.3 Å². The Bertz CT molecular complexity index is 782. The molecule has 1 aromatic heterocycles. The molecule has 0 unspecified atom stereocenters. The molecule has 2 heterocycles. The Labute approximate surface area is 158 Å². The molecule has 1 saturated heterocycles. The normalized spacial score (nSPS) is 22.6. The van der Waals surface area contributed by atoms with Crippen molar-refractivity contribution in [2.24, 2.45) is 9.98 Å². The van der Waals surface area contributed by atoms with Gasteiger partial charge in [0.05, 0.1) is 24.9 Å². The van der Waals surface area contributed by atoms with Crippen LogP contribution in [0.2, 0.25) is 0 Å². The van der Waals surface area contributed by atoms with E-state index in [0.717, 1.165) is 48.8 Å². The minimum absolute atomic E-state index is 0.211. The molecule has 0 radical (unpaired) electrons. The zero-order valence-corrected chi connectivity index (χ0v) is 16.7. The van der Waals surface area contributed by atoms with Crippen molar-refractivity contribution in [1.29, 1.82) is 0 Å². The Morgan fingerprint density at radius 2 is 1.96 bits per heavy atom. The van der Waals surface area contributed by atoms with Crippen molar-refractivity contribution < 1.29 is 12.8 Å². The second-order valence-corrected chi connectivity index (χ2v) is 9.18. The van der Waals surface area contributed by atoms with Crippen molar-refractivity contribution in [3.8, 4) is 0 Å². The molecule has 0 atom stereocenters. The molecule has 10 heteroatoms. The zero-order chi connectivity index (χ0) is 18.6. The molecule has 0 amide bonds. The Kier molecular flexibility index (Phi) is 6.25. The van der Waals surface area contributed by atoms with E-state index in [1.807, 2.05) is 26.2 Å². The van der Waals surface area contributed by atoms with Gasteiger partial charge in [-0.2, -0.15) is 20.2 Å². The SMILES string of the molecule is CN(C)Cc1ccc(CSCCN=C2NS(=O)(=O)NC2=NC2CCC2)o1. The average Bonchev–Trinajstić information content (AvgIpc) is 3.06. The molecule has 8 nitrogen and oxygen atoms in total. The third-order valence-corrected chi connectivity index (χ3v) is 5.90. The van der Waals surface area contributed by atoms with Crippen LogP contribution in [0.3, 0.4) is 0 Å². The highest BCUT2D eigenvalue weighted by Gasteiger charge is 2.30. The first kappa shape index (κ1) is 19.2. The number of nitrogens with one attached hydrogen (secondary N) is 2. The van der Waals surface area contributed by atoms with Gasteiger partial charge < -0.3 is 9.32 Å². The summed E-state index contributed by atoms with van der Waals surface area (Å²) in [5.74, 6) is 4.10. The maximum atomic E-state index is 11.7. The summed E-state index contributed by atoms with van der Waals surface area (Å²) < 4.78 is 34.0. The molecular weight excluding hydrogens is 374 g/mol. The van der Waals surface area contributed by atoms with Gasteiger partial charge >= 0.3 is 10.2 Å². The third-order valence-electron chi connectivity index (χ3n) is 4.01. The highest BCUT2D eigenvalue weighted by atomic mass is 32.2. The van der Waals surface area contributed by atoms with Gasteiger partial charge in [0.25, 0.3) is 0 Å². The fraction of sp³-hybridized carbons (Fsp3) is 0.625. The minimum Gasteiger partial charge on any atom is -0.464 e. The number of thioether (sulfide) groups is 1. The number of nitrogens with zero attached hydrogens (tertiary/aromatic N) is 3. The van der Waals surface area contributed by atoms with E-state index in [2.05, 4.69) is 24.3 Å². The molecule has 26 heavy (non-hydrogen) atoms. The average molecular weight is 400 g/mol. The maximum absolute atomic E-state index is 11.7. The Hall–Kier alpha value is -1.52. The van der Waals surface area contributed by atoms with Crippen LogP contribution in [-0.2, 0) is 22.5 Å². The molecular formula is C16H25N5O3S2. The number of amidine groups is 2. The lowest BCUT2D eigenvalue weighted by molar-refractivity contribution is 0.344. The molecule has 0 aromatic carbocycles. The standard InChI is InChI=1S/C16H25N5O3S2/c1-21(2)10-13-6-7-14(24-13)11-25-9-8-17-15-16(18-12-4-3-5-12)20-26(22,23)19-15/h6-7,12H,3-5,8-11H2,1-2H3,(H,17,19)(H,18,20). The summed E-state index contributed by atoms with van der Waals surface area (Å²) in [6, 6.07) is 4.21. The minimum atomic E-state index is -3.55. The number of rotatable bonds is 8. The van der Waals surface area contributed by atoms with Crippen LogP contribution in [-0.4, -0.2) is 57.4 Å². The van der Waals surface area contributed by atoms with Crippen LogP contribution in [0.25, 0.3) is 0 Å². The van der Waals surface area contributed by atoms with Crippen molar-refractivity contribution >= 4 is 33.6 Å². The highest BCUT2D eigenvalue weighted by molar-refractivity contribution is 7.98. The molecule has 2 fully saturated rings. The van der Waals surface area contributed by atoms with E-state index in [9.17, 15) is 8.42 Å². The van der Waals surface area contributed by atoms with Crippen molar-refractivity contribution in [2.45, 2.75) is 37.6 Å². The first-order valence-corrected chi connectivity index (χ1v) is 11.3. The maximum Gasteiger partial charge on any atom is 0.324 e. The summed E-state index contributed by atoms with van der Waals surface area (Å²) in [5, 5.41) is 0. The zero-order valence-electron chi connectivity index (χ0n) is 15.1. The molecule has 0 spiro atoms. The predicted octanol–water partition coefficient (Wildman–Crippen LogP) is 1.36. The van der Waals surface area contributed by atoms with Crippen molar-refractivity contribution in [3.63, 3.8) is 0 Å². The second kappa shape index (κ2) is 8.45. The van der Waals surface area contributed by atoms with Gasteiger partial charge in [-0.1, -0.05) is 0 Å². The van der Waals surface area contributed by atoms with Crippen molar-refractivity contribution in [2.75, 3.05) is 26.4 Å². The Balaban J connectivity index is 1.46. The highest BCUT2D eigenvalue weighted by Crippen LogP contribution is 2.22.